The summed E-state index contributed by atoms with van der Waals surface area (Å²) >= 11 is 0. The zero-order valence-electron chi connectivity index (χ0n) is 13.6. The number of carbonyl (C=O) groups is 2. The van der Waals surface area contributed by atoms with Gasteiger partial charge in [0.15, 0.2) is 0 Å². The lowest BCUT2D eigenvalue weighted by molar-refractivity contribution is -0.136. The molecule has 0 aliphatic carbocycles. The van der Waals surface area contributed by atoms with Crippen molar-refractivity contribution in [3.05, 3.63) is 77.6 Å². The highest BCUT2D eigenvalue weighted by Gasteiger charge is 2.17. The quantitative estimate of drug-likeness (QED) is 0.750. The summed E-state index contributed by atoms with van der Waals surface area (Å²) in [6, 6.07) is 16.4. The van der Waals surface area contributed by atoms with Crippen LogP contribution in [0.15, 0.2) is 60.8 Å². The molecule has 0 radical (unpaired) electrons. The smallest absolute Gasteiger partial charge is 0.307 e. The van der Waals surface area contributed by atoms with E-state index >= 15 is 0 Å². The molecule has 25 heavy (non-hydrogen) atoms. The van der Waals surface area contributed by atoms with Gasteiger partial charge in [-0.1, -0.05) is 36.4 Å². The molecular weight excluding hydrogens is 318 g/mol. The van der Waals surface area contributed by atoms with Crippen molar-refractivity contribution in [1.29, 1.82) is 0 Å². The summed E-state index contributed by atoms with van der Waals surface area (Å²) in [5, 5.41) is 16.1. The van der Waals surface area contributed by atoms with Crippen LogP contribution in [0.1, 0.15) is 21.6 Å². The van der Waals surface area contributed by atoms with Gasteiger partial charge in [-0.2, -0.15) is 5.10 Å². The number of nitrogens with one attached hydrogen (secondary N) is 1. The number of nitrogens with zero attached hydrogens (tertiary/aromatic N) is 2. The summed E-state index contributed by atoms with van der Waals surface area (Å²) in [6.07, 6.45) is 1.36. The molecule has 0 unspecified atom stereocenters. The molecule has 0 aliphatic heterocycles. The van der Waals surface area contributed by atoms with Crippen molar-refractivity contribution in [2.24, 2.45) is 0 Å². The first-order valence-corrected chi connectivity index (χ1v) is 7.77. The largest absolute Gasteiger partial charge is 0.481 e. The highest BCUT2D eigenvalue weighted by atomic mass is 16.4. The number of anilines is 1. The van der Waals surface area contributed by atoms with Gasteiger partial charge in [-0.25, -0.2) is 4.68 Å². The third kappa shape index (κ3) is 3.58. The van der Waals surface area contributed by atoms with Crippen LogP contribution in [0, 0.1) is 6.92 Å². The maximum Gasteiger partial charge on any atom is 0.307 e. The third-order valence-electron chi connectivity index (χ3n) is 3.86. The maximum atomic E-state index is 12.6. The number of aliphatic carboxylic acids is 1. The Morgan fingerprint density at radius 3 is 2.48 bits per heavy atom. The molecule has 0 bridgehead atoms. The second-order valence-electron chi connectivity index (χ2n) is 5.57. The first-order chi connectivity index (χ1) is 12.1. The van der Waals surface area contributed by atoms with E-state index in [4.69, 9.17) is 5.11 Å². The van der Waals surface area contributed by atoms with E-state index in [2.05, 4.69) is 10.4 Å². The van der Waals surface area contributed by atoms with Gasteiger partial charge in [-0.05, 0) is 30.7 Å². The highest BCUT2D eigenvalue weighted by molar-refractivity contribution is 6.05. The van der Waals surface area contributed by atoms with Crippen molar-refractivity contribution >= 4 is 17.6 Å². The van der Waals surface area contributed by atoms with Gasteiger partial charge in [0.25, 0.3) is 5.91 Å². The molecule has 0 aliphatic rings. The molecule has 1 aromatic heterocycles. The fraction of sp³-hybridized carbons (Fsp3) is 0.105. The van der Waals surface area contributed by atoms with Gasteiger partial charge >= 0.3 is 5.97 Å². The molecule has 6 nitrogen and oxygen atoms in total. The Hall–Kier alpha value is -3.41. The van der Waals surface area contributed by atoms with Crippen LogP contribution in [0.4, 0.5) is 5.69 Å². The van der Waals surface area contributed by atoms with Crippen molar-refractivity contribution in [3.63, 3.8) is 0 Å². The summed E-state index contributed by atoms with van der Waals surface area (Å²) in [4.78, 5) is 23.6. The fourth-order valence-electron chi connectivity index (χ4n) is 2.61. The molecule has 1 heterocycles. The topological polar surface area (TPSA) is 84.2 Å². The first-order valence-electron chi connectivity index (χ1n) is 7.77. The third-order valence-corrected chi connectivity index (χ3v) is 3.86. The zero-order chi connectivity index (χ0) is 17.8. The van der Waals surface area contributed by atoms with Crippen LogP contribution in [0.3, 0.4) is 0 Å². The molecule has 0 saturated carbocycles. The standard InChI is InChI=1S/C19H17N3O3/c1-13-16(12-20-22(13)15-8-3-2-4-9-15)19(25)21-17-10-6-5-7-14(17)11-18(23)24/h2-10,12H,11H2,1H3,(H,21,25)(H,23,24). The molecular formula is C19H17N3O3. The molecule has 2 N–H and O–H groups in total. The Labute approximate surface area is 144 Å². The fourth-order valence-corrected chi connectivity index (χ4v) is 2.61. The number of carbonyl (C=O) groups excluding carboxylic acids is 1. The van der Waals surface area contributed by atoms with Crippen LogP contribution in [0.2, 0.25) is 0 Å². The average molecular weight is 335 g/mol. The predicted molar refractivity (Wildman–Crippen MR) is 94.0 cm³/mol. The number of amides is 1. The van der Waals surface area contributed by atoms with Crippen LogP contribution in [0.25, 0.3) is 5.69 Å². The number of para-hydroxylation sites is 2. The lowest BCUT2D eigenvalue weighted by Crippen LogP contribution is -2.15. The van der Waals surface area contributed by atoms with Crippen LogP contribution in [-0.2, 0) is 11.2 Å². The van der Waals surface area contributed by atoms with Crippen LogP contribution >= 0.6 is 0 Å². The number of aromatic nitrogens is 2. The summed E-state index contributed by atoms with van der Waals surface area (Å²) in [5.74, 6) is -1.27. The van der Waals surface area contributed by atoms with E-state index in [-0.39, 0.29) is 12.3 Å². The van der Waals surface area contributed by atoms with Crippen LogP contribution in [-0.4, -0.2) is 26.8 Å². The van der Waals surface area contributed by atoms with E-state index in [1.807, 2.05) is 37.3 Å². The number of benzene rings is 2. The SMILES string of the molecule is Cc1c(C(=O)Nc2ccccc2CC(=O)O)cnn1-c1ccccc1. The van der Waals surface area contributed by atoms with Gasteiger partial charge in [0.2, 0.25) is 0 Å². The van der Waals surface area contributed by atoms with E-state index in [1.54, 1.807) is 28.9 Å². The van der Waals surface area contributed by atoms with Gasteiger partial charge in [0.05, 0.1) is 29.6 Å². The number of rotatable bonds is 5. The second kappa shape index (κ2) is 7.00. The second-order valence-corrected chi connectivity index (χ2v) is 5.57. The molecule has 3 rings (SSSR count). The van der Waals surface area contributed by atoms with E-state index in [9.17, 15) is 9.59 Å². The summed E-state index contributed by atoms with van der Waals surface area (Å²) in [5.41, 5.74) is 3.05. The first kappa shape index (κ1) is 16.4. The molecule has 6 heteroatoms. The number of hydrogen-bond donors (Lipinski definition) is 2. The Morgan fingerprint density at radius 1 is 1.08 bits per heavy atom. The number of hydrogen-bond acceptors (Lipinski definition) is 3. The van der Waals surface area contributed by atoms with E-state index in [1.165, 1.54) is 6.20 Å². The van der Waals surface area contributed by atoms with Gasteiger partial charge in [0, 0.05) is 5.69 Å². The van der Waals surface area contributed by atoms with Crippen LogP contribution < -0.4 is 5.32 Å². The zero-order valence-corrected chi connectivity index (χ0v) is 13.6. The monoisotopic (exact) mass is 335 g/mol. The van der Waals surface area contributed by atoms with E-state index in [0.29, 0.717) is 22.5 Å². The Kier molecular flexibility index (Phi) is 4.61. The van der Waals surface area contributed by atoms with Crippen molar-refractivity contribution in [2.75, 3.05) is 5.32 Å². The van der Waals surface area contributed by atoms with Crippen molar-refractivity contribution < 1.29 is 14.7 Å². The highest BCUT2D eigenvalue weighted by Crippen LogP contribution is 2.19. The number of carboxylic acids is 1. The van der Waals surface area contributed by atoms with Gasteiger partial charge in [-0.3, -0.25) is 9.59 Å². The molecule has 1 amide bonds. The van der Waals surface area contributed by atoms with Gasteiger partial charge in [-0.15, -0.1) is 0 Å². The predicted octanol–water partition coefficient (Wildman–Crippen LogP) is 3.06. The summed E-state index contributed by atoms with van der Waals surface area (Å²) < 4.78 is 1.69. The van der Waals surface area contributed by atoms with E-state index in [0.717, 1.165) is 5.69 Å². The van der Waals surface area contributed by atoms with Crippen molar-refractivity contribution in [3.8, 4) is 5.69 Å². The summed E-state index contributed by atoms with van der Waals surface area (Å²) in [7, 11) is 0. The number of carboxylic acid groups (broad SMARTS) is 1. The lowest BCUT2D eigenvalue weighted by Gasteiger charge is -2.10. The van der Waals surface area contributed by atoms with Crippen molar-refractivity contribution in [2.45, 2.75) is 13.3 Å². The molecule has 0 saturated heterocycles. The normalized spacial score (nSPS) is 10.4. The Morgan fingerprint density at radius 2 is 1.76 bits per heavy atom. The molecule has 0 fully saturated rings. The Bertz CT molecular complexity index is 917. The van der Waals surface area contributed by atoms with Crippen LogP contribution in [0.5, 0.6) is 0 Å². The summed E-state index contributed by atoms with van der Waals surface area (Å²) in [6.45, 7) is 1.82. The van der Waals surface area contributed by atoms with E-state index < -0.39 is 5.97 Å². The average Bonchev–Trinajstić information content (AvgIpc) is 2.98. The molecule has 0 spiro atoms. The maximum absolute atomic E-state index is 12.6. The molecule has 126 valence electrons. The van der Waals surface area contributed by atoms with Gasteiger partial charge < -0.3 is 10.4 Å². The Balaban J connectivity index is 1.86. The molecule has 2 aromatic carbocycles. The lowest BCUT2D eigenvalue weighted by atomic mass is 10.1. The molecule has 3 aromatic rings. The minimum atomic E-state index is -0.949. The molecule has 0 atom stereocenters. The van der Waals surface area contributed by atoms with Gasteiger partial charge in [0.1, 0.15) is 0 Å². The minimum Gasteiger partial charge on any atom is -0.481 e. The minimum absolute atomic E-state index is 0.154. The van der Waals surface area contributed by atoms with Crippen molar-refractivity contribution in [1.82, 2.24) is 9.78 Å².